The van der Waals surface area contributed by atoms with Gasteiger partial charge in [0.25, 0.3) is 0 Å². The number of carboxylic acids is 1. The molecule has 4 heteroatoms. The lowest BCUT2D eigenvalue weighted by atomic mass is 10.1. The summed E-state index contributed by atoms with van der Waals surface area (Å²) in [4.78, 5) is 23.1. The van der Waals surface area contributed by atoms with Crippen molar-refractivity contribution in [2.45, 2.75) is 45.6 Å². The quantitative estimate of drug-likeness (QED) is 0.765. The Bertz CT molecular complexity index is 440. The number of unbranched alkanes of at least 4 members (excludes halogenated alkanes) is 1. The van der Waals surface area contributed by atoms with Crippen molar-refractivity contribution in [3.05, 3.63) is 35.4 Å². The number of benzene rings is 1. The van der Waals surface area contributed by atoms with Crippen molar-refractivity contribution < 1.29 is 19.4 Å². The van der Waals surface area contributed by atoms with Gasteiger partial charge in [0.05, 0.1) is 11.1 Å². The molecule has 0 heterocycles. The Kier molecular flexibility index (Phi) is 6.06. The summed E-state index contributed by atoms with van der Waals surface area (Å²) in [6.45, 7) is 4.03. The molecule has 0 aliphatic rings. The lowest BCUT2D eigenvalue weighted by Gasteiger charge is -2.16. The smallest absolute Gasteiger partial charge is 0.339 e. The summed E-state index contributed by atoms with van der Waals surface area (Å²) >= 11 is 0. The fourth-order valence-corrected chi connectivity index (χ4v) is 1.84. The standard InChI is InChI=1S/C15H20O4/c1-3-5-8-11(4-2)19-15(18)13-10-7-6-9-12(13)14(16)17/h6-7,9-11H,3-5,8H2,1-2H3,(H,16,17). The van der Waals surface area contributed by atoms with Crippen LogP contribution in [0, 0.1) is 0 Å². The number of ether oxygens (including phenoxy) is 1. The van der Waals surface area contributed by atoms with Crippen molar-refractivity contribution in [2.75, 3.05) is 0 Å². The van der Waals surface area contributed by atoms with Gasteiger partial charge in [-0.05, 0) is 25.0 Å². The van der Waals surface area contributed by atoms with E-state index in [2.05, 4.69) is 6.92 Å². The van der Waals surface area contributed by atoms with Crippen molar-refractivity contribution in [1.29, 1.82) is 0 Å². The number of esters is 1. The monoisotopic (exact) mass is 264 g/mol. The molecule has 0 amide bonds. The average Bonchev–Trinajstić information content (AvgIpc) is 2.43. The Hall–Kier alpha value is -1.84. The molecule has 0 aliphatic heterocycles. The first-order valence-corrected chi connectivity index (χ1v) is 6.63. The van der Waals surface area contributed by atoms with Crippen LogP contribution in [0.2, 0.25) is 0 Å². The van der Waals surface area contributed by atoms with Crippen LogP contribution in [0.25, 0.3) is 0 Å². The lowest BCUT2D eigenvalue weighted by molar-refractivity contribution is 0.0263. The van der Waals surface area contributed by atoms with Crippen LogP contribution >= 0.6 is 0 Å². The highest BCUT2D eigenvalue weighted by Gasteiger charge is 2.19. The van der Waals surface area contributed by atoms with Gasteiger partial charge in [0, 0.05) is 0 Å². The SMILES string of the molecule is CCCCC(CC)OC(=O)c1ccccc1C(=O)O. The van der Waals surface area contributed by atoms with E-state index >= 15 is 0 Å². The van der Waals surface area contributed by atoms with Crippen molar-refractivity contribution in [3.63, 3.8) is 0 Å². The molecule has 0 spiro atoms. The molecule has 0 aromatic heterocycles. The molecule has 0 saturated heterocycles. The van der Waals surface area contributed by atoms with E-state index in [-0.39, 0.29) is 17.2 Å². The Morgan fingerprint density at radius 3 is 2.37 bits per heavy atom. The number of aromatic carboxylic acids is 1. The largest absolute Gasteiger partial charge is 0.478 e. The Balaban J connectivity index is 2.80. The van der Waals surface area contributed by atoms with E-state index in [9.17, 15) is 9.59 Å². The molecule has 1 aromatic rings. The molecule has 0 radical (unpaired) electrons. The molecule has 19 heavy (non-hydrogen) atoms. The first kappa shape index (κ1) is 15.2. The first-order valence-electron chi connectivity index (χ1n) is 6.63. The summed E-state index contributed by atoms with van der Waals surface area (Å²) in [5.41, 5.74) is 0.0998. The third-order valence-electron chi connectivity index (χ3n) is 2.99. The average molecular weight is 264 g/mol. The third kappa shape index (κ3) is 4.39. The molecule has 1 aromatic carbocycles. The van der Waals surface area contributed by atoms with Crippen molar-refractivity contribution in [3.8, 4) is 0 Å². The topological polar surface area (TPSA) is 63.6 Å². The molecular weight excluding hydrogens is 244 g/mol. The van der Waals surface area contributed by atoms with Gasteiger partial charge in [-0.3, -0.25) is 0 Å². The summed E-state index contributed by atoms with van der Waals surface area (Å²) in [6, 6.07) is 6.12. The molecule has 0 bridgehead atoms. The number of carbonyl (C=O) groups excluding carboxylic acids is 1. The third-order valence-corrected chi connectivity index (χ3v) is 2.99. The second-order valence-electron chi connectivity index (χ2n) is 4.43. The highest BCUT2D eigenvalue weighted by molar-refractivity contribution is 6.02. The fraction of sp³-hybridized carbons (Fsp3) is 0.467. The predicted molar refractivity (Wildman–Crippen MR) is 72.4 cm³/mol. The van der Waals surface area contributed by atoms with E-state index in [4.69, 9.17) is 9.84 Å². The molecule has 0 fully saturated rings. The summed E-state index contributed by atoms with van der Waals surface area (Å²) in [7, 11) is 0. The maximum absolute atomic E-state index is 12.0. The van der Waals surface area contributed by atoms with Gasteiger partial charge in [-0.2, -0.15) is 0 Å². The van der Waals surface area contributed by atoms with Crippen LogP contribution in [-0.2, 0) is 4.74 Å². The van der Waals surface area contributed by atoms with Gasteiger partial charge in [-0.15, -0.1) is 0 Å². The van der Waals surface area contributed by atoms with Gasteiger partial charge >= 0.3 is 11.9 Å². The van der Waals surface area contributed by atoms with Crippen molar-refractivity contribution in [1.82, 2.24) is 0 Å². The van der Waals surface area contributed by atoms with Crippen molar-refractivity contribution >= 4 is 11.9 Å². The van der Waals surface area contributed by atoms with Crippen LogP contribution < -0.4 is 0 Å². The molecular formula is C15H20O4. The first-order chi connectivity index (χ1) is 9.10. The molecule has 104 valence electrons. The van der Waals surface area contributed by atoms with Gasteiger partial charge in [0.2, 0.25) is 0 Å². The Morgan fingerprint density at radius 1 is 1.21 bits per heavy atom. The molecule has 4 nitrogen and oxygen atoms in total. The van der Waals surface area contributed by atoms with E-state index in [1.807, 2.05) is 6.92 Å². The maximum atomic E-state index is 12.0. The Labute approximate surface area is 113 Å². The fourth-order valence-electron chi connectivity index (χ4n) is 1.84. The molecule has 1 atom stereocenters. The zero-order valence-electron chi connectivity index (χ0n) is 11.4. The molecule has 1 N–H and O–H groups in total. The lowest BCUT2D eigenvalue weighted by Crippen LogP contribution is -2.19. The zero-order chi connectivity index (χ0) is 14.3. The van der Waals surface area contributed by atoms with Crippen LogP contribution in [0.5, 0.6) is 0 Å². The number of hydrogen-bond donors (Lipinski definition) is 1. The minimum absolute atomic E-state index is 0.0159. The van der Waals surface area contributed by atoms with Crippen molar-refractivity contribution in [2.24, 2.45) is 0 Å². The molecule has 0 aliphatic carbocycles. The number of rotatable bonds is 7. The minimum Gasteiger partial charge on any atom is -0.478 e. The van der Waals surface area contributed by atoms with Crippen LogP contribution in [0.3, 0.4) is 0 Å². The van der Waals surface area contributed by atoms with Crippen LogP contribution in [-0.4, -0.2) is 23.1 Å². The van der Waals surface area contributed by atoms with E-state index in [1.165, 1.54) is 12.1 Å². The second-order valence-corrected chi connectivity index (χ2v) is 4.43. The van der Waals surface area contributed by atoms with Gasteiger partial charge < -0.3 is 9.84 Å². The molecule has 1 rings (SSSR count). The van der Waals surface area contributed by atoms with Crippen LogP contribution in [0.15, 0.2) is 24.3 Å². The van der Waals surface area contributed by atoms with Crippen LogP contribution in [0.1, 0.15) is 60.2 Å². The number of hydrogen-bond acceptors (Lipinski definition) is 3. The number of carbonyl (C=O) groups is 2. The highest BCUT2D eigenvalue weighted by Crippen LogP contribution is 2.15. The summed E-state index contributed by atoms with van der Waals surface area (Å²) in [6.07, 6.45) is 3.44. The van der Waals surface area contributed by atoms with Gasteiger partial charge in [-0.1, -0.05) is 38.8 Å². The van der Waals surface area contributed by atoms with Gasteiger partial charge in [0.15, 0.2) is 0 Å². The maximum Gasteiger partial charge on any atom is 0.339 e. The summed E-state index contributed by atoms with van der Waals surface area (Å²) < 4.78 is 5.38. The predicted octanol–water partition coefficient (Wildman–Crippen LogP) is 3.51. The van der Waals surface area contributed by atoms with E-state index < -0.39 is 11.9 Å². The van der Waals surface area contributed by atoms with Gasteiger partial charge in [-0.25, -0.2) is 9.59 Å². The number of carboxylic acid groups (broad SMARTS) is 1. The van der Waals surface area contributed by atoms with Gasteiger partial charge in [0.1, 0.15) is 6.10 Å². The summed E-state index contributed by atoms with van der Waals surface area (Å²) in [5, 5.41) is 9.04. The van der Waals surface area contributed by atoms with E-state index in [0.717, 1.165) is 25.7 Å². The highest BCUT2D eigenvalue weighted by atomic mass is 16.5. The van der Waals surface area contributed by atoms with E-state index in [0.29, 0.717) is 0 Å². The Morgan fingerprint density at radius 2 is 1.84 bits per heavy atom. The molecule has 1 unspecified atom stereocenters. The van der Waals surface area contributed by atoms with E-state index in [1.54, 1.807) is 12.1 Å². The summed E-state index contributed by atoms with van der Waals surface area (Å²) in [5.74, 6) is -1.67. The normalized spacial score (nSPS) is 11.9. The zero-order valence-corrected chi connectivity index (χ0v) is 11.4. The van der Waals surface area contributed by atoms with Crippen LogP contribution in [0.4, 0.5) is 0 Å². The molecule has 0 saturated carbocycles. The minimum atomic E-state index is -1.12. The second kappa shape index (κ2) is 7.56.